The van der Waals surface area contributed by atoms with Crippen LogP contribution in [0.4, 0.5) is 5.82 Å². The molecular weight excluding hydrogens is 386 g/mol. The van der Waals surface area contributed by atoms with E-state index in [0.29, 0.717) is 34.5 Å². The standard InChI is InChI=1S/C22H23N3O5/c1-27-13-5-7-18(29-3)15(9-13)16-11-20(26)24-22-21(16)23-12-25(22)17-10-14(28-2)6-8-19(17)30-4/h5-10,12,16H,11H2,1-4H3,(H,24,26). The molecule has 1 amide bonds. The first-order valence-electron chi connectivity index (χ1n) is 9.41. The number of benzene rings is 2. The molecule has 1 aromatic heterocycles. The fraction of sp³-hybridized carbons (Fsp3) is 0.273. The van der Waals surface area contributed by atoms with Gasteiger partial charge in [-0.05, 0) is 30.3 Å². The van der Waals surface area contributed by atoms with E-state index < -0.39 is 0 Å². The van der Waals surface area contributed by atoms with Gasteiger partial charge in [-0.3, -0.25) is 9.36 Å². The molecule has 1 unspecified atom stereocenters. The minimum absolute atomic E-state index is 0.110. The van der Waals surface area contributed by atoms with Gasteiger partial charge in [-0.25, -0.2) is 4.98 Å². The fourth-order valence-corrected chi connectivity index (χ4v) is 3.74. The van der Waals surface area contributed by atoms with Gasteiger partial charge in [0, 0.05) is 24.0 Å². The Hall–Kier alpha value is -3.68. The van der Waals surface area contributed by atoms with E-state index in [1.54, 1.807) is 39.3 Å². The van der Waals surface area contributed by atoms with Gasteiger partial charge in [0.15, 0.2) is 0 Å². The molecule has 4 rings (SSSR count). The first-order chi connectivity index (χ1) is 14.6. The zero-order chi connectivity index (χ0) is 21.3. The summed E-state index contributed by atoms with van der Waals surface area (Å²) < 4.78 is 23.6. The molecule has 0 spiro atoms. The Morgan fingerprint density at radius 2 is 1.60 bits per heavy atom. The van der Waals surface area contributed by atoms with Crippen molar-refractivity contribution in [2.24, 2.45) is 0 Å². The maximum absolute atomic E-state index is 12.6. The third-order valence-electron chi connectivity index (χ3n) is 5.23. The normalized spacial score (nSPS) is 15.2. The first kappa shape index (κ1) is 19.6. The van der Waals surface area contributed by atoms with Crippen LogP contribution in [-0.4, -0.2) is 43.9 Å². The van der Waals surface area contributed by atoms with Crippen molar-refractivity contribution in [3.8, 4) is 28.7 Å². The van der Waals surface area contributed by atoms with Crippen molar-refractivity contribution < 1.29 is 23.7 Å². The fourth-order valence-electron chi connectivity index (χ4n) is 3.74. The zero-order valence-corrected chi connectivity index (χ0v) is 17.3. The third kappa shape index (κ3) is 3.30. The summed E-state index contributed by atoms with van der Waals surface area (Å²) in [6, 6.07) is 11.0. The summed E-state index contributed by atoms with van der Waals surface area (Å²) in [6.45, 7) is 0. The Kier molecular flexibility index (Phi) is 5.22. The number of aromatic nitrogens is 2. The maximum Gasteiger partial charge on any atom is 0.226 e. The lowest BCUT2D eigenvalue weighted by molar-refractivity contribution is -0.116. The summed E-state index contributed by atoms with van der Waals surface area (Å²) in [5, 5.41) is 2.95. The number of hydrogen-bond donors (Lipinski definition) is 1. The van der Waals surface area contributed by atoms with Gasteiger partial charge in [-0.2, -0.15) is 0 Å². The van der Waals surface area contributed by atoms with Gasteiger partial charge < -0.3 is 24.3 Å². The van der Waals surface area contributed by atoms with Crippen LogP contribution in [0.1, 0.15) is 23.6 Å². The van der Waals surface area contributed by atoms with Crippen LogP contribution in [0.3, 0.4) is 0 Å². The van der Waals surface area contributed by atoms with Crippen LogP contribution in [0.15, 0.2) is 42.7 Å². The summed E-state index contributed by atoms with van der Waals surface area (Å²) in [5.41, 5.74) is 2.30. The molecule has 0 saturated heterocycles. The van der Waals surface area contributed by atoms with Crippen molar-refractivity contribution in [2.45, 2.75) is 12.3 Å². The second-order valence-electron chi connectivity index (χ2n) is 6.80. The Labute approximate surface area is 174 Å². The minimum atomic E-state index is -0.281. The molecule has 0 bridgehead atoms. The lowest BCUT2D eigenvalue weighted by Crippen LogP contribution is -2.25. The highest BCUT2D eigenvalue weighted by atomic mass is 16.5. The van der Waals surface area contributed by atoms with Crippen LogP contribution in [-0.2, 0) is 4.79 Å². The predicted molar refractivity (Wildman–Crippen MR) is 111 cm³/mol. The van der Waals surface area contributed by atoms with E-state index in [1.165, 1.54) is 0 Å². The number of imidazole rings is 1. The molecule has 1 aliphatic rings. The van der Waals surface area contributed by atoms with Crippen molar-refractivity contribution >= 4 is 11.7 Å². The van der Waals surface area contributed by atoms with Gasteiger partial charge in [0.05, 0.1) is 39.8 Å². The van der Waals surface area contributed by atoms with Crippen LogP contribution in [0.2, 0.25) is 0 Å². The van der Waals surface area contributed by atoms with Gasteiger partial charge >= 0.3 is 0 Å². The van der Waals surface area contributed by atoms with Gasteiger partial charge in [-0.15, -0.1) is 0 Å². The molecule has 1 aliphatic heterocycles. The second-order valence-corrected chi connectivity index (χ2v) is 6.80. The van der Waals surface area contributed by atoms with Gasteiger partial charge in [0.1, 0.15) is 35.1 Å². The molecule has 1 atom stereocenters. The van der Waals surface area contributed by atoms with Gasteiger partial charge in [0.2, 0.25) is 5.91 Å². The van der Waals surface area contributed by atoms with Crippen molar-refractivity contribution in [1.29, 1.82) is 0 Å². The maximum atomic E-state index is 12.6. The summed E-state index contributed by atoms with van der Waals surface area (Å²) in [5.74, 6) is 2.86. The van der Waals surface area contributed by atoms with E-state index in [-0.39, 0.29) is 18.2 Å². The second kappa shape index (κ2) is 7.98. The van der Waals surface area contributed by atoms with Crippen molar-refractivity contribution in [2.75, 3.05) is 33.8 Å². The molecular formula is C22H23N3O5. The summed E-state index contributed by atoms with van der Waals surface area (Å²) >= 11 is 0. The van der Waals surface area contributed by atoms with Crippen LogP contribution in [0, 0.1) is 0 Å². The predicted octanol–water partition coefficient (Wildman–Crippen LogP) is 3.38. The Bertz CT molecular complexity index is 1090. The molecule has 2 aromatic carbocycles. The average Bonchev–Trinajstić information content (AvgIpc) is 3.21. The number of carbonyl (C=O) groups is 1. The first-order valence-corrected chi connectivity index (χ1v) is 9.41. The van der Waals surface area contributed by atoms with Crippen molar-refractivity contribution in [1.82, 2.24) is 9.55 Å². The smallest absolute Gasteiger partial charge is 0.226 e. The Balaban J connectivity index is 1.87. The quantitative estimate of drug-likeness (QED) is 0.672. The van der Waals surface area contributed by atoms with Gasteiger partial charge in [-0.1, -0.05) is 0 Å². The van der Waals surface area contributed by atoms with Crippen LogP contribution in [0.5, 0.6) is 23.0 Å². The lowest BCUT2D eigenvalue weighted by atomic mass is 9.89. The van der Waals surface area contributed by atoms with E-state index in [0.717, 1.165) is 11.3 Å². The number of carbonyl (C=O) groups excluding carboxylic acids is 1. The summed E-state index contributed by atoms with van der Waals surface area (Å²) in [7, 11) is 6.40. The molecule has 0 radical (unpaired) electrons. The molecule has 0 saturated carbocycles. The van der Waals surface area contributed by atoms with Crippen LogP contribution in [0.25, 0.3) is 5.69 Å². The van der Waals surface area contributed by atoms with E-state index in [9.17, 15) is 4.79 Å². The molecule has 30 heavy (non-hydrogen) atoms. The number of fused-ring (bicyclic) bond motifs is 1. The lowest BCUT2D eigenvalue weighted by Gasteiger charge is -2.25. The molecule has 3 aromatic rings. The minimum Gasteiger partial charge on any atom is -0.497 e. The molecule has 156 valence electrons. The SMILES string of the molecule is COc1ccc(OC)c(C2CC(=O)Nc3c2ncn3-c2cc(OC)ccc2OC)c1. The van der Waals surface area contributed by atoms with Crippen molar-refractivity contribution in [3.05, 3.63) is 54.0 Å². The Morgan fingerprint density at radius 3 is 2.27 bits per heavy atom. The van der Waals surface area contributed by atoms with Crippen LogP contribution >= 0.6 is 0 Å². The van der Waals surface area contributed by atoms with Gasteiger partial charge in [0.25, 0.3) is 0 Å². The molecule has 8 heteroatoms. The van der Waals surface area contributed by atoms with E-state index in [4.69, 9.17) is 18.9 Å². The third-order valence-corrected chi connectivity index (χ3v) is 5.23. The monoisotopic (exact) mass is 409 g/mol. The number of methoxy groups -OCH3 is 4. The molecule has 1 N–H and O–H groups in total. The molecule has 0 fully saturated rings. The number of nitrogens with zero attached hydrogens (tertiary/aromatic N) is 2. The molecule has 0 aliphatic carbocycles. The topological polar surface area (TPSA) is 83.8 Å². The number of nitrogens with one attached hydrogen (secondary N) is 1. The largest absolute Gasteiger partial charge is 0.497 e. The highest BCUT2D eigenvalue weighted by Gasteiger charge is 2.33. The average molecular weight is 409 g/mol. The summed E-state index contributed by atoms with van der Waals surface area (Å²) in [6.07, 6.45) is 1.93. The van der Waals surface area contributed by atoms with E-state index in [1.807, 2.05) is 36.4 Å². The molecule has 8 nitrogen and oxygen atoms in total. The highest BCUT2D eigenvalue weighted by Crippen LogP contribution is 2.43. The number of amides is 1. The van der Waals surface area contributed by atoms with Crippen molar-refractivity contribution in [3.63, 3.8) is 0 Å². The zero-order valence-electron chi connectivity index (χ0n) is 17.3. The highest BCUT2D eigenvalue weighted by molar-refractivity contribution is 5.94. The number of hydrogen-bond acceptors (Lipinski definition) is 6. The summed E-state index contributed by atoms with van der Waals surface area (Å²) in [4.78, 5) is 17.3. The molecule has 2 heterocycles. The van der Waals surface area contributed by atoms with Crippen LogP contribution < -0.4 is 24.3 Å². The number of rotatable bonds is 6. The number of anilines is 1. The van der Waals surface area contributed by atoms with E-state index >= 15 is 0 Å². The number of ether oxygens (including phenoxy) is 4. The van der Waals surface area contributed by atoms with E-state index in [2.05, 4.69) is 10.3 Å². The Morgan fingerprint density at radius 1 is 0.933 bits per heavy atom.